The third-order valence-corrected chi connectivity index (χ3v) is 3.24. The predicted molar refractivity (Wildman–Crippen MR) is 71.4 cm³/mol. The van der Waals surface area contributed by atoms with E-state index in [0.717, 1.165) is 5.56 Å². The molecule has 0 fully saturated rings. The molecule has 0 aliphatic carbocycles. The Bertz CT molecular complexity index is 723. The van der Waals surface area contributed by atoms with Crippen molar-refractivity contribution in [1.82, 2.24) is 19.8 Å². The molecule has 3 rings (SSSR count). The molecule has 1 N–H and O–H groups in total. The molecule has 1 atom stereocenters. The van der Waals surface area contributed by atoms with Crippen LogP contribution in [0.3, 0.4) is 0 Å². The summed E-state index contributed by atoms with van der Waals surface area (Å²) >= 11 is 5.90. The monoisotopic (exact) mass is 274 g/mol. The molecule has 3 aromatic rings. The van der Waals surface area contributed by atoms with E-state index in [1.165, 1.54) is 0 Å². The number of halogens is 1. The molecule has 2 heterocycles. The Kier molecular flexibility index (Phi) is 2.83. The molecule has 2 aromatic heterocycles. The lowest BCUT2D eigenvalue weighted by Gasteiger charge is -2.09. The number of fused-ring (bicyclic) bond motifs is 1. The Morgan fingerprint density at radius 3 is 2.58 bits per heavy atom. The fourth-order valence-corrected chi connectivity index (χ4v) is 2.10. The molecule has 0 bridgehead atoms. The summed E-state index contributed by atoms with van der Waals surface area (Å²) in [6.07, 6.45) is 0. The predicted octanol–water partition coefficient (Wildman–Crippen LogP) is 2.64. The molecule has 5 nitrogen and oxygen atoms in total. The van der Waals surface area contributed by atoms with Gasteiger partial charge in [0.05, 0.1) is 0 Å². The Morgan fingerprint density at radius 1 is 1.11 bits per heavy atom. The van der Waals surface area contributed by atoms with Crippen LogP contribution in [0.1, 0.15) is 24.2 Å². The molecule has 1 aromatic carbocycles. The lowest BCUT2D eigenvalue weighted by Crippen LogP contribution is -2.04. The molecule has 0 unspecified atom stereocenters. The van der Waals surface area contributed by atoms with Crippen molar-refractivity contribution in [1.29, 1.82) is 0 Å². The van der Waals surface area contributed by atoms with Crippen LogP contribution in [-0.2, 0) is 0 Å². The van der Waals surface area contributed by atoms with Crippen LogP contribution in [0, 0.1) is 0 Å². The molecular weight excluding hydrogens is 264 g/mol. The standard InChI is InChI=1S/C13H11ClN4O/c1-8(9-2-4-10(19)5-3-9)13-16-15-12-7-6-11(14)17-18(12)13/h2-8,19H,1H3/t8-/m0/s1. The second-order valence-corrected chi connectivity index (χ2v) is 4.68. The van der Waals surface area contributed by atoms with Gasteiger partial charge in [-0.05, 0) is 29.8 Å². The fourth-order valence-electron chi connectivity index (χ4n) is 1.97. The minimum absolute atomic E-state index is 0.00145. The van der Waals surface area contributed by atoms with E-state index in [4.69, 9.17) is 11.6 Å². The number of hydrogen-bond donors (Lipinski definition) is 1. The van der Waals surface area contributed by atoms with Crippen LogP contribution in [0.4, 0.5) is 0 Å². The SMILES string of the molecule is C[C@@H](c1ccc(O)cc1)c1nnc2ccc(Cl)nn12. The van der Waals surface area contributed by atoms with Crippen molar-refractivity contribution in [3.05, 3.63) is 52.9 Å². The summed E-state index contributed by atoms with van der Waals surface area (Å²) in [5.74, 6) is 0.952. The highest BCUT2D eigenvalue weighted by Crippen LogP contribution is 2.24. The Morgan fingerprint density at radius 2 is 1.84 bits per heavy atom. The number of benzene rings is 1. The van der Waals surface area contributed by atoms with Crippen LogP contribution in [-0.4, -0.2) is 24.9 Å². The lowest BCUT2D eigenvalue weighted by molar-refractivity contribution is 0.475. The number of nitrogens with zero attached hydrogens (tertiary/aromatic N) is 4. The average molecular weight is 275 g/mol. The van der Waals surface area contributed by atoms with E-state index in [9.17, 15) is 5.11 Å². The number of phenols is 1. The summed E-state index contributed by atoms with van der Waals surface area (Å²) in [6.45, 7) is 2.01. The van der Waals surface area contributed by atoms with Gasteiger partial charge < -0.3 is 5.11 Å². The van der Waals surface area contributed by atoms with Gasteiger partial charge in [0.25, 0.3) is 0 Å². The van der Waals surface area contributed by atoms with Gasteiger partial charge in [0.15, 0.2) is 11.5 Å². The van der Waals surface area contributed by atoms with Crippen molar-refractivity contribution in [2.75, 3.05) is 0 Å². The summed E-state index contributed by atoms with van der Waals surface area (Å²) in [6, 6.07) is 10.5. The van der Waals surface area contributed by atoms with E-state index in [2.05, 4.69) is 15.3 Å². The minimum atomic E-state index is 0.00145. The number of aromatic nitrogens is 4. The summed E-state index contributed by atoms with van der Waals surface area (Å²) in [4.78, 5) is 0. The molecule has 0 radical (unpaired) electrons. The second kappa shape index (κ2) is 4.51. The first-order valence-corrected chi connectivity index (χ1v) is 6.20. The van der Waals surface area contributed by atoms with Crippen molar-refractivity contribution >= 4 is 17.2 Å². The summed E-state index contributed by atoms with van der Waals surface area (Å²) < 4.78 is 1.64. The zero-order valence-electron chi connectivity index (χ0n) is 10.2. The Hall–Kier alpha value is -2.14. The maximum Gasteiger partial charge on any atom is 0.178 e. The van der Waals surface area contributed by atoms with Gasteiger partial charge in [0.2, 0.25) is 0 Å². The fraction of sp³-hybridized carbons (Fsp3) is 0.154. The van der Waals surface area contributed by atoms with E-state index in [0.29, 0.717) is 16.6 Å². The van der Waals surface area contributed by atoms with Gasteiger partial charge in [-0.3, -0.25) is 0 Å². The Balaban J connectivity index is 2.08. The molecule has 0 aliphatic heterocycles. The molecule has 0 amide bonds. The molecule has 0 aliphatic rings. The van der Waals surface area contributed by atoms with Gasteiger partial charge in [0.1, 0.15) is 10.9 Å². The van der Waals surface area contributed by atoms with Gasteiger partial charge in [-0.25, -0.2) is 0 Å². The van der Waals surface area contributed by atoms with Crippen LogP contribution >= 0.6 is 11.6 Å². The minimum Gasteiger partial charge on any atom is -0.508 e. The smallest absolute Gasteiger partial charge is 0.178 e. The topological polar surface area (TPSA) is 63.3 Å². The third-order valence-electron chi connectivity index (χ3n) is 3.03. The summed E-state index contributed by atoms with van der Waals surface area (Å²) in [7, 11) is 0. The van der Waals surface area contributed by atoms with Crippen LogP contribution < -0.4 is 0 Å². The largest absolute Gasteiger partial charge is 0.508 e. The van der Waals surface area contributed by atoms with E-state index in [-0.39, 0.29) is 11.7 Å². The molecule has 19 heavy (non-hydrogen) atoms. The molecule has 6 heteroatoms. The molecule has 96 valence electrons. The number of rotatable bonds is 2. The maximum absolute atomic E-state index is 9.31. The third kappa shape index (κ3) is 2.13. The number of hydrogen-bond acceptors (Lipinski definition) is 4. The summed E-state index contributed by atoms with van der Waals surface area (Å²) in [5, 5.41) is 22.1. The average Bonchev–Trinajstić information content (AvgIpc) is 2.81. The van der Waals surface area contributed by atoms with Crippen LogP contribution in [0.25, 0.3) is 5.65 Å². The van der Waals surface area contributed by atoms with Crippen molar-refractivity contribution < 1.29 is 5.11 Å². The van der Waals surface area contributed by atoms with Gasteiger partial charge in [0, 0.05) is 5.92 Å². The van der Waals surface area contributed by atoms with E-state index >= 15 is 0 Å². The Labute approximate surface area is 114 Å². The van der Waals surface area contributed by atoms with Gasteiger partial charge >= 0.3 is 0 Å². The summed E-state index contributed by atoms with van der Waals surface area (Å²) in [5.41, 5.74) is 1.68. The van der Waals surface area contributed by atoms with Gasteiger partial charge in [-0.15, -0.1) is 10.2 Å². The normalized spacial score (nSPS) is 12.7. The van der Waals surface area contributed by atoms with Crippen LogP contribution in [0.15, 0.2) is 36.4 Å². The molecule has 0 spiro atoms. The van der Waals surface area contributed by atoms with Crippen LogP contribution in [0.5, 0.6) is 5.75 Å². The molecule has 0 saturated heterocycles. The first kappa shape index (κ1) is 11.9. The molecule has 0 saturated carbocycles. The van der Waals surface area contributed by atoms with Crippen molar-refractivity contribution in [3.8, 4) is 5.75 Å². The van der Waals surface area contributed by atoms with Crippen molar-refractivity contribution in [2.45, 2.75) is 12.8 Å². The van der Waals surface area contributed by atoms with Gasteiger partial charge in [-0.1, -0.05) is 30.7 Å². The lowest BCUT2D eigenvalue weighted by atomic mass is 10.0. The van der Waals surface area contributed by atoms with E-state index < -0.39 is 0 Å². The number of phenolic OH excluding ortho intramolecular Hbond substituents is 1. The number of aromatic hydroxyl groups is 1. The first-order valence-electron chi connectivity index (χ1n) is 5.82. The van der Waals surface area contributed by atoms with E-state index in [1.807, 2.05) is 19.1 Å². The first-order chi connectivity index (χ1) is 9.15. The van der Waals surface area contributed by atoms with Crippen molar-refractivity contribution in [3.63, 3.8) is 0 Å². The molecular formula is C13H11ClN4O. The van der Waals surface area contributed by atoms with E-state index in [1.54, 1.807) is 28.8 Å². The van der Waals surface area contributed by atoms with Gasteiger partial charge in [-0.2, -0.15) is 9.61 Å². The zero-order valence-corrected chi connectivity index (χ0v) is 10.9. The second-order valence-electron chi connectivity index (χ2n) is 4.30. The highest BCUT2D eigenvalue weighted by Gasteiger charge is 2.16. The van der Waals surface area contributed by atoms with Crippen LogP contribution in [0.2, 0.25) is 5.15 Å². The van der Waals surface area contributed by atoms with Crippen molar-refractivity contribution in [2.24, 2.45) is 0 Å². The highest BCUT2D eigenvalue weighted by molar-refractivity contribution is 6.29. The highest BCUT2D eigenvalue weighted by atomic mass is 35.5. The zero-order chi connectivity index (χ0) is 13.4. The quantitative estimate of drug-likeness (QED) is 0.780. The maximum atomic E-state index is 9.31.